The van der Waals surface area contributed by atoms with Gasteiger partial charge in [0.05, 0.1) is 16.3 Å². The van der Waals surface area contributed by atoms with Crippen molar-refractivity contribution in [3.05, 3.63) is 40.0 Å². The second-order valence-corrected chi connectivity index (χ2v) is 6.64. The molecule has 0 spiro atoms. The summed E-state index contributed by atoms with van der Waals surface area (Å²) in [7, 11) is 0. The van der Waals surface area contributed by atoms with Crippen LogP contribution in [-0.2, 0) is 5.41 Å². The fourth-order valence-electron chi connectivity index (χ4n) is 2.00. The van der Waals surface area contributed by atoms with Crippen molar-refractivity contribution in [3.63, 3.8) is 0 Å². The molecule has 104 valence electrons. The molecule has 6 heteroatoms. The van der Waals surface area contributed by atoms with E-state index in [2.05, 4.69) is 41.4 Å². The van der Waals surface area contributed by atoms with Gasteiger partial charge in [0.25, 0.3) is 5.91 Å². The molecule has 2 aromatic rings. The molecule has 1 aliphatic rings. The van der Waals surface area contributed by atoms with E-state index in [0.717, 1.165) is 10.7 Å². The maximum atomic E-state index is 12.1. The number of carbonyl (C=O) groups excluding carboxylic acids is 1. The van der Waals surface area contributed by atoms with Crippen LogP contribution in [0, 0.1) is 0 Å². The van der Waals surface area contributed by atoms with Crippen LogP contribution in [0.2, 0.25) is 0 Å². The summed E-state index contributed by atoms with van der Waals surface area (Å²) in [6.07, 6.45) is 1.35. The van der Waals surface area contributed by atoms with Crippen molar-refractivity contribution in [1.29, 1.82) is 0 Å². The zero-order chi connectivity index (χ0) is 14.3. The quantitative estimate of drug-likeness (QED) is 0.846. The molecule has 1 amide bonds. The van der Waals surface area contributed by atoms with Crippen LogP contribution in [-0.4, -0.2) is 15.9 Å². The Hall–Kier alpha value is -1.95. The summed E-state index contributed by atoms with van der Waals surface area (Å²) in [5.74, 6) is 0.480. The Bertz CT molecular complexity index is 659. The Morgan fingerprint density at radius 3 is 2.80 bits per heavy atom. The van der Waals surface area contributed by atoms with Gasteiger partial charge in [-0.05, 0) is 12.1 Å². The van der Waals surface area contributed by atoms with E-state index in [1.54, 1.807) is 29.7 Å². The van der Waals surface area contributed by atoms with Crippen LogP contribution in [0.15, 0.2) is 23.7 Å². The number of rotatable bonds is 1. The monoisotopic (exact) mass is 288 g/mol. The van der Waals surface area contributed by atoms with E-state index in [4.69, 9.17) is 0 Å². The van der Waals surface area contributed by atoms with E-state index in [-0.39, 0.29) is 17.5 Å². The molecule has 20 heavy (non-hydrogen) atoms. The number of hydrogen-bond donors (Lipinski definition) is 2. The molecule has 1 aliphatic heterocycles. The lowest BCUT2D eigenvalue weighted by atomic mass is 9.98. The summed E-state index contributed by atoms with van der Waals surface area (Å²) in [4.78, 5) is 20.9. The average Bonchev–Trinajstić information content (AvgIpc) is 2.88. The van der Waals surface area contributed by atoms with Gasteiger partial charge in [-0.25, -0.2) is 9.97 Å². The van der Waals surface area contributed by atoms with Crippen LogP contribution < -0.4 is 10.6 Å². The van der Waals surface area contributed by atoms with Gasteiger partial charge in [-0.15, -0.1) is 11.3 Å². The number of amides is 1. The number of nitrogens with zero attached hydrogens (tertiary/aromatic N) is 2. The first kappa shape index (κ1) is 13.1. The second kappa shape index (κ2) is 4.56. The van der Waals surface area contributed by atoms with Gasteiger partial charge in [-0.1, -0.05) is 20.8 Å². The molecule has 0 fully saturated rings. The third-order valence-corrected chi connectivity index (χ3v) is 4.35. The number of carbonyl (C=O) groups is 1. The minimum atomic E-state index is -0.322. The summed E-state index contributed by atoms with van der Waals surface area (Å²) >= 11 is 1.61. The minimum Gasteiger partial charge on any atom is -0.344 e. The minimum absolute atomic E-state index is 0.0117. The van der Waals surface area contributed by atoms with Gasteiger partial charge in [-0.3, -0.25) is 4.79 Å². The van der Waals surface area contributed by atoms with Gasteiger partial charge in [0.2, 0.25) is 0 Å². The SMILES string of the molecule is CC(C)(C)c1nc([C@@H]2NC(=O)c3cccnc3N2)cs1. The van der Waals surface area contributed by atoms with Crippen molar-refractivity contribution in [1.82, 2.24) is 15.3 Å². The first-order valence-corrected chi connectivity index (χ1v) is 7.31. The van der Waals surface area contributed by atoms with E-state index in [9.17, 15) is 4.79 Å². The van der Waals surface area contributed by atoms with Gasteiger partial charge in [-0.2, -0.15) is 0 Å². The molecule has 1 atom stereocenters. The molecule has 0 bridgehead atoms. The van der Waals surface area contributed by atoms with Crippen LogP contribution in [0.5, 0.6) is 0 Å². The molecule has 0 radical (unpaired) electrons. The van der Waals surface area contributed by atoms with E-state index in [0.29, 0.717) is 11.4 Å². The maximum absolute atomic E-state index is 12.1. The van der Waals surface area contributed by atoms with Gasteiger partial charge < -0.3 is 10.6 Å². The zero-order valence-electron chi connectivity index (χ0n) is 11.6. The Kier molecular flexibility index (Phi) is 2.97. The fourth-order valence-corrected chi connectivity index (χ4v) is 2.93. The number of pyridine rings is 1. The molecule has 2 aromatic heterocycles. The predicted octanol–water partition coefficient (Wildman–Crippen LogP) is 2.69. The van der Waals surface area contributed by atoms with Gasteiger partial charge in [0, 0.05) is 17.0 Å². The van der Waals surface area contributed by atoms with Crippen molar-refractivity contribution >= 4 is 23.1 Å². The third kappa shape index (κ3) is 2.27. The van der Waals surface area contributed by atoms with Crippen molar-refractivity contribution in [3.8, 4) is 0 Å². The van der Waals surface area contributed by atoms with E-state index in [1.165, 1.54) is 0 Å². The van der Waals surface area contributed by atoms with Crippen molar-refractivity contribution < 1.29 is 4.79 Å². The van der Waals surface area contributed by atoms with Crippen LogP contribution in [0.3, 0.4) is 0 Å². The lowest BCUT2D eigenvalue weighted by Crippen LogP contribution is -2.39. The van der Waals surface area contributed by atoms with Gasteiger partial charge >= 0.3 is 0 Å². The van der Waals surface area contributed by atoms with Crippen molar-refractivity contribution in [2.75, 3.05) is 5.32 Å². The van der Waals surface area contributed by atoms with Crippen LogP contribution in [0.25, 0.3) is 0 Å². The molecule has 5 nitrogen and oxygen atoms in total. The Balaban J connectivity index is 1.90. The van der Waals surface area contributed by atoms with Crippen molar-refractivity contribution in [2.45, 2.75) is 32.4 Å². The first-order chi connectivity index (χ1) is 9.45. The number of fused-ring (bicyclic) bond motifs is 1. The first-order valence-electron chi connectivity index (χ1n) is 6.43. The van der Waals surface area contributed by atoms with Crippen LogP contribution >= 0.6 is 11.3 Å². The normalized spacial score (nSPS) is 18.1. The molecule has 0 saturated heterocycles. The number of thiazole rings is 1. The van der Waals surface area contributed by atoms with Gasteiger partial charge in [0.1, 0.15) is 12.0 Å². The highest BCUT2D eigenvalue weighted by molar-refractivity contribution is 7.09. The Morgan fingerprint density at radius 2 is 2.10 bits per heavy atom. The molecule has 0 aliphatic carbocycles. The standard InChI is InChI=1S/C14H16N4OS/c1-14(2,3)13-16-9(7-20-13)11-17-10-8(12(19)18-11)5-4-6-15-10/h4-7,11H,1-3H3,(H,15,17)(H,18,19)/t11-/m0/s1. The third-order valence-electron chi connectivity index (χ3n) is 3.07. The molecular formula is C14H16N4OS. The van der Waals surface area contributed by atoms with Gasteiger partial charge in [0.15, 0.2) is 0 Å². The zero-order valence-corrected chi connectivity index (χ0v) is 12.4. The van der Waals surface area contributed by atoms with Crippen LogP contribution in [0.1, 0.15) is 48.0 Å². The summed E-state index contributed by atoms with van der Waals surface area (Å²) in [5, 5.41) is 9.15. The van der Waals surface area contributed by atoms with E-state index in [1.807, 2.05) is 5.38 Å². The van der Waals surface area contributed by atoms with E-state index >= 15 is 0 Å². The number of nitrogens with one attached hydrogen (secondary N) is 2. The molecule has 3 heterocycles. The maximum Gasteiger partial charge on any atom is 0.256 e. The molecule has 3 rings (SSSR count). The van der Waals surface area contributed by atoms with E-state index < -0.39 is 0 Å². The molecule has 0 aromatic carbocycles. The summed E-state index contributed by atoms with van der Waals surface area (Å²) in [5.41, 5.74) is 1.40. The van der Waals surface area contributed by atoms with Crippen LogP contribution in [0.4, 0.5) is 5.82 Å². The topological polar surface area (TPSA) is 66.9 Å². The largest absolute Gasteiger partial charge is 0.344 e. The highest BCUT2D eigenvalue weighted by Crippen LogP contribution is 2.30. The lowest BCUT2D eigenvalue weighted by Gasteiger charge is -2.25. The lowest BCUT2D eigenvalue weighted by molar-refractivity contribution is 0.0934. The Labute approximate surface area is 121 Å². The second-order valence-electron chi connectivity index (χ2n) is 5.78. The van der Waals surface area contributed by atoms with Crippen molar-refractivity contribution in [2.24, 2.45) is 0 Å². The molecule has 2 N–H and O–H groups in total. The molecule has 0 unspecified atom stereocenters. The fraction of sp³-hybridized carbons (Fsp3) is 0.357. The molecular weight excluding hydrogens is 272 g/mol. The predicted molar refractivity (Wildman–Crippen MR) is 78.9 cm³/mol. The summed E-state index contributed by atoms with van der Waals surface area (Å²) < 4.78 is 0. The highest BCUT2D eigenvalue weighted by Gasteiger charge is 2.28. The highest BCUT2D eigenvalue weighted by atomic mass is 32.1. The smallest absolute Gasteiger partial charge is 0.256 e. The number of anilines is 1. The summed E-state index contributed by atoms with van der Waals surface area (Å²) in [6, 6.07) is 3.50. The Morgan fingerprint density at radius 1 is 1.30 bits per heavy atom. The average molecular weight is 288 g/mol. The number of aromatic nitrogens is 2. The summed E-state index contributed by atoms with van der Waals surface area (Å²) in [6.45, 7) is 6.37. The molecule has 0 saturated carbocycles. The number of hydrogen-bond acceptors (Lipinski definition) is 5.